The molecule has 1 fully saturated rings. The first-order valence-electron chi connectivity index (χ1n) is 10.8. The van der Waals surface area contributed by atoms with Crippen molar-refractivity contribution >= 4 is 15.9 Å². The Hall–Kier alpha value is -3.55. The SMILES string of the molecule is Cn1ccnc1[C@H](NC(=O)C1CCN(S(=O)(=O)c2ccc(C#N)cc2)CC1)c1cccc(F)c1. The second-order valence-corrected chi connectivity index (χ2v) is 10.1. The predicted octanol–water partition coefficient (Wildman–Crippen LogP) is 2.74. The van der Waals surface area contributed by atoms with Gasteiger partial charge in [-0.25, -0.2) is 17.8 Å². The summed E-state index contributed by atoms with van der Waals surface area (Å²) in [7, 11) is -1.91. The monoisotopic (exact) mass is 481 g/mol. The summed E-state index contributed by atoms with van der Waals surface area (Å²) in [6.45, 7) is 0.404. The maximum absolute atomic E-state index is 13.9. The highest BCUT2D eigenvalue weighted by atomic mass is 32.2. The molecule has 0 radical (unpaired) electrons. The summed E-state index contributed by atoms with van der Waals surface area (Å²) in [4.78, 5) is 17.6. The van der Waals surface area contributed by atoms with Crippen molar-refractivity contribution in [2.45, 2.75) is 23.8 Å². The highest BCUT2D eigenvalue weighted by Crippen LogP contribution is 2.27. The molecule has 8 nitrogen and oxygen atoms in total. The Morgan fingerprint density at radius 3 is 2.50 bits per heavy atom. The number of sulfonamides is 1. The highest BCUT2D eigenvalue weighted by Gasteiger charge is 2.33. The molecular weight excluding hydrogens is 457 g/mol. The van der Waals surface area contributed by atoms with E-state index in [1.807, 2.05) is 6.07 Å². The van der Waals surface area contributed by atoms with Crippen molar-refractivity contribution in [2.24, 2.45) is 13.0 Å². The molecule has 176 valence electrons. The average Bonchev–Trinajstić information content (AvgIpc) is 3.28. The van der Waals surface area contributed by atoms with Gasteiger partial charge in [0.05, 0.1) is 16.5 Å². The molecule has 1 aliphatic rings. The molecule has 0 saturated carbocycles. The Morgan fingerprint density at radius 1 is 1.21 bits per heavy atom. The lowest BCUT2D eigenvalue weighted by molar-refractivity contribution is -0.126. The van der Waals surface area contributed by atoms with Gasteiger partial charge in [-0.2, -0.15) is 9.57 Å². The number of benzene rings is 2. The van der Waals surface area contributed by atoms with Gasteiger partial charge >= 0.3 is 0 Å². The Bertz CT molecular complexity index is 1320. The molecule has 2 heterocycles. The maximum Gasteiger partial charge on any atom is 0.243 e. The van der Waals surface area contributed by atoms with E-state index in [2.05, 4.69) is 10.3 Å². The van der Waals surface area contributed by atoms with E-state index < -0.39 is 21.9 Å². The van der Waals surface area contributed by atoms with Crippen LogP contribution in [-0.4, -0.2) is 41.3 Å². The van der Waals surface area contributed by atoms with Crippen LogP contribution < -0.4 is 5.32 Å². The molecule has 34 heavy (non-hydrogen) atoms. The number of piperidine rings is 1. The number of nitriles is 1. The minimum Gasteiger partial charge on any atom is -0.342 e. The summed E-state index contributed by atoms with van der Waals surface area (Å²) in [5.74, 6) is -0.455. The van der Waals surface area contributed by atoms with Crippen LogP contribution in [0, 0.1) is 23.1 Å². The van der Waals surface area contributed by atoms with Gasteiger partial charge in [-0.15, -0.1) is 0 Å². The molecule has 0 aliphatic carbocycles. The van der Waals surface area contributed by atoms with Gasteiger partial charge in [-0.05, 0) is 54.8 Å². The standard InChI is InChI=1S/C24H24FN5O3S/c1-29-14-11-27-23(29)22(19-3-2-4-20(25)15-19)28-24(31)18-9-12-30(13-10-18)34(32,33)21-7-5-17(16-26)6-8-21/h2-8,11,14-15,18,22H,9-10,12-13H2,1H3,(H,28,31)/t22-/m1/s1. The van der Waals surface area contributed by atoms with Gasteiger partial charge in [0.1, 0.15) is 17.7 Å². The molecule has 4 rings (SSSR count). The van der Waals surface area contributed by atoms with Crippen LogP contribution in [0.15, 0.2) is 65.8 Å². The quantitative estimate of drug-likeness (QED) is 0.583. The zero-order valence-electron chi connectivity index (χ0n) is 18.6. The molecule has 0 bridgehead atoms. The molecule has 1 saturated heterocycles. The van der Waals surface area contributed by atoms with Crippen LogP contribution in [0.5, 0.6) is 0 Å². The average molecular weight is 482 g/mol. The van der Waals surface area contributed by atoms with Crippen molar-refractivity contribution in [1.82, 2.24) is 19.2 Å². The highest BCUT2D eigenvalue weighted by molar-refractivity contribution is 7.89. The van der Waals surface area contributed by atoms with Crippen LogP contribution in [0.3, 0.4) is 0 Å². The van der Waals surface area contributed by atoms with Crippen LogP contribution in [0.4, 0.5) is 4.39 Å². The normalized spacial score (nSPS) is 16.0. The van der Waals surface area contributed by atoms with E-state index in [0.29, 0.717) is 29.8 Å². The zero-order valence-corrected chi connectivity index (χ0v) is 19.4. The fourth-order valence-electron chi connectivity index (χ4n) is 4.11. The van der Waals surface area contributed by atoms with Crippen LogP contribution in [0.2, 0.25) is 0 Å². The molecule has 2 aromatic carbocycles. The number of carbonyl (C=O) groups excluding carboxylic acids is 1. The third kappa shape index (κ3) is 4.85. The van der Waals surface area contributed by atoms with E-state index >= 15 is 0 Å². The first kappa shape index (κ1) is 23.6. The number of amides is 1. The lowest BCUT2D eigenvalue weighted by atomic mass is 9.96. The van der Waals surface area contributed by atoms with E-state index in [-0.39, 0.29) is 29.8 Å². The molecule has 1 atom stereocenters. The molecule has 1 amide bonds. The van der Waals surface area contributed by atoms with E-state index in [9.17, 15) is 17.6 Å². The second-order valence-electron chi connectivity index (χ2n) is 8.21. The number of imidazole rings is 1. The third-order valence-electron chi connectivity index (χ3n) is 6.03. The number of nitrogens with one attached hydrogen (secondary N) is 1. The number of halogens is 1. The van der Waals surface area contributed by atoms with Gasteiger partial charge in [-0.3, -0.25) is 4.79 Å². The number of carbonyl (C=O) groups is 1. The van der Waals surface area contributed by atoms with Gasteiger partial charge in [0.25, 0.3) is 0 Å². The summed E-state index contributed by atoms with van der Waals surface area (Å²) in [5, 5.41) is 11.9. The zero-order chi connectivity index (χ0) is 24.3. The molecule has 1 aromatic heterocycles. The number of aryl methyl sites for hydroxylation is 1. The molecule has 0 unspecified atom stereocenters. The fraction of sp³-hybridized carbons (Fsp3) is 0.292. The Labute approximate surface area is 197 Å². The lowest BCUT2D eigenvalue weighted by Crippen LogP contribution is -2.44. The van der Waals surface area contributed by atoms with Crippen molar-refractivity contribution in [1.29, 1.82) is 5.26 Å². The predicted molar refractivity (Wildman–Crippen MR) is 122 cm³/mol. The van der Waals surface area contributed by atoms with E-state index in [0.717, 1.165) is 0 Å². The third-order valence-corrected chi connectivity index (χ3v) is 7.94. The van der Waals surface area contributed by atoms with E-state index in [1.165, 1.54) is 40.7 Å². The summed E-state index contributed by atoms with van der Waals surface area (Å²) in [6.07, 6.45) is 4.08. The van der Waals surface area contributed by atoms with Gasteiger partial charge in [-0.1, -0.05) is 12.1 Å². The number of hydrogen-bond donors (Lipinski definition) is 1. The first-order valence-corrected chi connectivity index (χ1v) is 12.3. The van der Waals surface area contributed by atoms with E-state index in [4.69, 9.17) is 5.26 Å². The summed E-state index contributed by atoms with van der Waals surface area (Å²) in [6, 6.07) is 13.1. The molecule has 10 heteroatoms. The molecule has 1 aliphatic heterocycles. The van der Waals surface area contributed by atoms with Crippen LogP contribution in [-0.2, 0) is 21.9 Å². The van der Waals surface area contributed by atoms with Gasteiger partial charge in [0.15, 0.2) is 0 Å². The first-order chi connectivity index (χ1) is 16.3. The smallest absolute Gasteiger partial charge is 0.243 e. The minimum atomic E-state index is -3.71. The van der Waals surface area contributed by atoms with Gasteiger partial charge in [0, 0.05) is 38.4 Å². The summed E-state index contributed by atoms with van der Waals surface area (Å²) >= 11 is 0. The van der Waals surface area contributed by atoms with Gasteiger partial charge in [0.2, 0.25) is 15.9 Å². The van der Waals surface area contributed by atoms with Crippen molar-refractivity contribution in [3.8, 4) is 6.07 Å². The summed E-state index contributed by atoms with van der Waals surface area (Å²) in [5.41, 5.74) is 0.957. The number of aromatic nitrogens is 2. The number of hydrogen-bond acceptors (Lipinski definition) is 5. The minimum absolute atomic E-state index is 0.121. The maximum atomic E-state index is 13.9. The molecule has 1 N–H and O–H groups in total. The lowest BCUT2D eigenvalue weighted by Gasteiger charge is -2.31. The van der Waals surface area contributed by atoms with Crippen molar-refractivity contribution in [2.75, 3.05) is 13.1 Å². The Morgan fingerprint density at radius 2 is 1.91 bits per heavy atom. The number of rotatable bonds is 6. The molecule has 3 aromatic rings. The van der Waals surface area contributed by atoms with Crippen molar-refractivity contribution < 1.29 is 17.6 Å². The van der Waals surface area contributed by atoms with Crippen LogP contribution in [0.25, 0.3) is 0 Å². The van der Waals surface area contributed by atoms with Crippen LogP contribution in [0.1, 0.15) is 35.8 Å². The topological polar surface area (TPSA) is 108 Å². The Kier molecular flexibility index (Phi) is 6.77. The summed E-state index contributed by atoms with van der Waals surface area (Å²) < 4.78 is 42.9. The van der Waals surface area contributed by atoms with Gasteiger partial charge < -0.3 is 9.88 Å². The molecule has 0 spiro atoms. The number of nitrogens with zero attached hydrogens (tertiary/aromatic N) is 4. The van der Waals surface area contributed by atoms with Crippen molar-refractivity contribution in [3.05, 3.63) is 83.7 Å². The largest absolute Gasteiger partial charge is 0.342 e. The van der Waals surface area contributed by atoms with Crippen molar-refractivity contribution in [3.63, 3.8) is 0 Å². The molecular formula is C24H24FN5O3S. The van der Waals surface area contributed by atoms with Crippen LogP contribution >= 0.6 is 0 Å². The Balaban J connectivity index is 1.46. The fourth-order valence-corrected chi connectivity index (χ4v) is 5.58. The second kappa shape index (κ2) is 9.75. The van der Waals surface area contributed by atoms with E-state index in [1.54, 1.807) is 36.1 Å².